The average molecular weight is 650 g/mol. The lowest BCUT2D eigenvalue weighted by molar-refractivity contribution is -0.138. The topological polar surface area (TPSA) is 81.9 Å². The summed E-state index contributed by atoms with van der Waals surface area (Å²) >= 11 is 0. The molecule has 0 bridgehead atoms. The van der Waals surface area contributed by atoms with Crippen molar-refractivity contribution < 1.29 is 43.9 Å². The van der Waals surface area contributed by atoms with Crippen LogP contribution >= 0.6 is 0 Å². The van der Waals surface area contributed by atoms with Crippen molar-refractivity contribution in [2.24, 2.45) is 5.41 Å². The number of pyridine rings is 1. The Morgan fingerprint density at radius 1 is 0.933 bits per heavy atom. The molecule has 0 spiro atoms. The van der Waals surface area contributed by atoms with Crippen molar-refractivity contribution in [3.63, 3.8) is 0 Å². The minimum absolute atomic E-state index is 0.00158. The number of fused-ring (bicyclic) bond motifs is 2. The van der Waals surface area contributed by atoms with Crippen LogP contribution in [0, 0.1) is 11.2 Å². The summed E-state index contributed by atoms with van der Waals surface area (Å²) in [7, 11) is -4.44. The highest BCUT2D eigenvalue weighted by molar-refractivity contribution is 7.92. The number of sulfone groups is 1. The van der Waals surface area contributed by atoms with Crippen molar-refractivity contribution >= 4 is 21.7 Å². The van der Waals surface area contributed by atoms with E-state index >= 15 is 0 Å². The van der Waals surface area contributed by atoms with E-state index < -0.39 is 72.6 Å². The molecule has 2 atom stereocenters. The van der Waals surface area contributed by atoms with Crippen LogP contribution in [0.15, 0.2) is 83.5 Å². The minimum atomic E-state index is -4.80. The van der Waals surface area contributed by atoms with Crippen molar-refractivity contribution in [1.29, 1.82) is 0 Å². The van der Waals surface area contributed by atoms with E-state index in [1.807, 2.05) is 0 Å². The van der Waals surface area contributed by atoms with Crippen LogP contribution in [0.5, 0.6) is 0 Å². The van der Waals surface area contributed by atoms with Crippen molar-refractivity contribution in [2.75, 3.05) is 0 Å². The molecule has 0 aliphatic heterocycles. The van der Waals surface area contributed by atoms with Gasteiger partial charge in [-0.25, -0.2) is 17.5 Å². The molecule has 45 heavy (non-hydrogen) atoms. The number of alkyl halides is 6. The fourth-order valence-electron chi connectivity index (χ4n) is 6.14. The van der Waals surface area contributed by atoms with Gasteiger partial charge in [0, 0.05) is 6.20 Å². The zero-order valence-corrected chi connectivity index (χ0v) is 23.8. The van der Waals surface area contributed by atoms with Crippen LogP contribution in [0.3, 0.4) is 0 Å². The average Bonchev–Trinajstić information content (AvgIpc) is 3.41. The van der Waals surface area contributed by atoms with Crippen molar-refractivity contribution in [2.45, 2.75) is 48.2 Å². The minimum Gasteiger partial charge on any atom is -0.291 e. The van der Waals surface area contributed by atoms with Crippen LogP contribution in [0.1, 0.15) is 52.1 Å². The maximum atomic E-state index is 14.3. The van der Waals surface area contributed by atoms with Crippen LogP contribution in [0.25, 0.3) is 11.8 Å². The molecule has 0 radical (unpaired) electrons. The maximum Gasteiger partial charge on any atom is 0.416 e. The fraction of sp³-hybridized carbons (Fsp3) is 0.258. The molecular formula is C31H22F7N3O3S. The number of hydrogen-bond acceptors (Lipinski definition) is 5. The van der Waals surface area contributed by atoms with Gasteiger partial charge in [0.25, 0.3) is 0 Å². The predicted octanol–water partition coefficient (Wildman–Crippen LogP) is 7.28. The van der Waals surface area contributed by atoms with Crippen LogP contribution in [0.2, 0.25) is 0 Å². The van der Waals surface area contributed by atoms with Gasteiger partial charge in [0.15, 0.2) is 15.6 Å². The summed E-state index contributed by atoms with van der Waals surface area (Å²) in [4.78, 5) is 17.6. The first-order valence-corrected chi connectivity index (χ1v) is 15.2. The molecular weight excluding hydrogens is 627 g/mol. The summed E-state index contributed by atoms with van der Waals surface area (Å²) in [5, 5.41) is 3.03. The molecule has 0 amide bonds. The summed E-state index contributed by atoms with van der Waals surface area (Å²) in [6.07, 6.45) is -6.29. The zero-order chi connectivity index (χ0) is 32.4. The number of ketones is 1. The van der Waals surface area contributed by atoms with Crippen LogP contribution < -0.4 is 0 Å². The number of carbonyl (C=O) groups excluding carboxylic acids is 1. The fourth-order valence-corrected chi connectivity index (χ4v) is 8.01. The van der Waals surface area contributed by atoms with Gasteiger partial charge in [0.05, 0.1) is 44.3 Å². The summed E-state index contributed by atoms with van der Waals surface area (Å²) in [5.41, 5.74) is -2.56. The van der Waals surface area contributed by atoms with E-state index in [0.29, 0.717) is 40.7 Å². The molecule has 234 valence electrons. The van der Waals surface area contributed by atoms with Gasteiger partial charge >= 0.3 is 12.4 Å². The highest BCUT2D eigenvalue weighted by Gasteiger charge is 2.52. The van der Waals surface area contributed by atoms with Crippen molar-refractivity contribution in [3.8, 4) is 5.69 Å². The molecule has 0 saturated heterocycles. The third-order valence-electron chi connectivity index (χ3n) is 8.37. The van der Waals surface area contributed by atoms with Crippen molar-refractivity contribution in [1.82, 2.24) is 14.8 Å². The second-order valence-electron chi connectivity index (χ2n) is 11.1. The van der Waals surface area contributed by atoms with Gasteiger partial charge in [-0.3, -0.25) is 9.78 Å². The van der Waals surface area contributed by atoms with Crippen LogP contribution in [-0.4, -0.2) is 34.2 Å². The first-order valence-electron chi connectivity index (χ1n) is 13.6. The third-order valence-corrected chi connectivity index (χ3v) is 10.6. The number of hydrogen-bond donors (Lipinski definition) is 0. The van der Waals surface area contributed by atoms with E-state index in [2.05, 4.69) is 10.1 Å². The molecule has 2 aromatic heterocycles. The first-order chi connectivity index (χ1) is 21.1. The molecule has 1 saturated carbocycles. The number of Topliss-reactive ketones (excluding diaryl/α,β-unsaturated/α-hetero) is 1. The second kappa shape index (κ2) is 10.6. The summed E-state index contributed by atoms with van der Waals surface area (Å²) < 4.78 is 124. The molecule has 2 aliphatic rings. The molecule has 2 aromatic carbocycles. The smallest absolute Gasteiger partial charge is 0.291 e. The summed E-state index contributed by atoms with van der Waals surface area (Å²) in [5.74, 6) is -1.32. The lowest BCUT2D eigenvalue weighted by Crippen LogP contribution is -2.46. The Morgan fingerprint density at radius 2 is 1.62 bits per heavy atom. The van der Waals surface area contributed by atoms with E-state index in [4.69, 9.17) is 0 Å². The van der Waals surface area contributed by atoms with Crippen LogP contribution in [-0.2, 0) is 28.6 Å². The van der Waals surface area contributed by atoms with Crippen molar-refractivity contribution in [3.05, 3.63) is 113 Å². The van der Waals surface area contributed by atoms with Gasteiger partial charge in [-0.05, 0) is 91.9 Å². The SMILES string of the molecule is O=C(c1cc(C(F)(F)F)ccn1)[C@]12Cc3cnn(-c4ccc(F)cc4)c3C=C1CC[C@@H](S(=O)(=O)c1cccc(C(F)(F)F)c1)C2. The number of halogens is 7. The molecule has 4 aromatic rings. The molecule has 2 heterocycles. The standard InChI is InChI=1S/C31H22F7N3O3S/c32-22-5-7-23(8-6-22)41-27-14-19-4-9-25(45(43,44)24-3-1-2-20(12-24)30(33,34)35)16-29(19,15-18(27)17-40-41)28(42)26-13-21(10-11-39-26)31(36,37)38/h1-3,5-8,10-14,17,25H,4,9,15-16H2/t25-,29+/m1/s1. The van der Waals surface area contributed by atoms with Gasteiger partial charge in [0.2, 0.25) is 0 Å². The first kappa shape index (κ1) is 30.7. The van der Waals surface area contributed by atoms with Gasteiger partial charge in [-0.15, -0.1) is 0 Å². The number of benzene rings is 2. The Balaban J connectivity index is 1.46. The third kappa shape index (κ3) is 5.45. The van der Waals surface area contributed by atoms with Gasteiger partial charge in [-0.2, -0.15) is 31.4 Å². The normalized spacial score (nSPS) is 20.2. The summed E-state index contributed by atoms with van der Waals surface area (Å²) in [6, 6.07) is 10.1. The Labute approximate surface area is 252 Å². The monoisotopic (exact) mass is 649 g/mol. The second-order valence-corrected chi connectivity index (χ2v) is 13.3. The maximum absolute atomic E-state index is 14.3. The molecule has 2 aliphatic carbocycles. The number of allylic oxidation sites excluding steroid dienone is 1. The molecule has 0 N–H and O–H groups in total. The predicted molar refractivity (Wildman–Crippen MR) is 147 cm³/mol. The number of nitrogens with zero attached hydrogens (tertiary/aromatic N) is 3. The number of aromatic nitrogens is 3. The largest absolute Gasteiger partial charge is 0.416 e. The van der Waals surface area contributed by atoms with E-state index in [9.17, 15) is 43.9 Å². The number of rotatable bonds is 5. The Morgan fingerprint density at radius 3 is 2.31 bits per heavy atom. The molecule has 0 unspecified atom stereocenters. The Kier molecular flexibility index (Phi) is 7.26. The van der Waals surface area contributed by atoms with Crippen LogP contribution in [0.4, 0.5) is 30.7 Å². The zero-order valence-electron chi connectivity index (χ0n) is 23.0. The molecule has 6 rings (SSSR count). The summed E-state index contributed by atoms with van der Waals surface area (Å²) in [6.45, 7) is 0. The van der Waals surface area contributed by atoms with Gasteiger partial charge < -0.3 is 0 Å². The lowest BCUT2D eigenvalue weighted by atomic mass is 9.61. The Hall–Kier alpha value is -4.33. The van der Waals surface area contributed by atoms with Gasteiger partial charge in [-0.1, -0.05) is 11.6 Å². The highest BCUT2D eigenvalue weighted by Crippen LogP contribution is 2.52. The quantitative estimate of drug-likeness (QED) is 0.168. The molecule has 14 heteroatoms. The number of carbonyl (C=O) groups is 1. The molecule has 6 nitrogen and oxygen atoms in total. The van der Waals surface area contributed by atoms with E-state index in [1.165, 1.54) is 35.1 Å². The Bertz CT molecular complexity index is 1950. The van der Waals surface area contributed by atoms with E-state index in [1.54, 1.807) is 6.08 Å². The van der Waals surface area contributed by atoms with Gasteiger partial charge in [0.1, 0.15) is 11.5 Å². The highest BCUT2D eigenvalue weighted by atomic mass is 32.2. The molecule has 1 fully saturated rings. The van der Waals surface area contributed by atoms with E-state index in [0.717, 1.165) is 24.4 Å². The lowest BCUT2D eigenvalue weighted by Gasteiger charge is -2.43. The van der Waals surface area contributed by atoms with E-state index in [-0.39, 0.29) is 19.3 Å².